The molecule has 2 bridgehead atoms. The highest BCUT2D eigenvalue weighted by Gasteiger charge is 2.64. The Hall–Kier alpha value is -5.43. The Balaban J connectivity index is 1.61. The van der Waals surface area contributed by atoms with Crippen molar-refractivity contribution in [2.75, 3.05) is 40.6 Å². The lowest BCUT2D eigenvalue weighted by atomic mass is 9.81. The molecule has 0 saturated carbocycles. The van der Waals surface area contributed by atoms with E-state index < -0.39 is 113 Å². The SMILES string of the molecule is CC[C@H](C)[C@H]1C(=O)N2CCC[C@H]2C(=O)O[C@H](C(C)(C)C)C[C@@H](C)C[C@H](OC(=O)[C@@](OC)(c2ccccc2)C(F)(F)F)[C@H](C)C2=N[C@@H](/C=C(\C)C(=O)N[C@@H](Cc3ccc(OC)cc3)C(=O)N(C)[C@@H](C)C(=O)N1C)CS2. The lowest BCUT2D eigenvalue weighted by molar-refractivity contribution is -0.278. The molecule has 0 spiro atoms. The molecule has 3 aliphatic heterocycles. The summed E-state index contributed by atoms with van der Waals surface area (Å²) in [5.41, 5.74) is -3.68. The zero-order valence-corrected chi connectivity index (χ0v) is 45.9. The van der Waals surface area contributed by atoms with Crippen LogP contribution in [0.3, 0.4) is 0 Å². The molecule has 3 aliphatic rings. The quantitative estimate of drug-likeness (QED) is 0.242. The average molecular weight is 1060 g/mol. The van der Waals surface area contributed by atoms with Crippen molar-refractivity contribution >= 4 is 52.4 Å². The molecule has 5 rings (SSSR count). The molecule has 74 heavy (non-hydrogen) atoms. The van der Waals surface area contributed by atoms with Crippen LogP contribution >= 0.6 is 11.8 Å². The van der Waals surface area contributed by atoms with E-state index in [0.717, 1.165) is 19.2 Å². The maximum absolute atomic E-state index is 15.3. The number of rotatable bonds is 9. The first kappa shape index (κ1) is 59.4. The number of methoxy groups -OCH3 is 2. The number of nitrogens with zero attached hydrogens (tertiary/aromatic N) is 4. The molecule has 1 fully saturated rings. The Morgan fingerprint density at radius 3 is 2.15 bits per heavy atom. The molecular formula is C55H76F3N5O10S. The first-order valence-corrected chi connectivity index (χ1v) is 26.4. The number of amides is 4. The molecule has 2 aromatic rings. The van der Waals surface area contributed by atoms with Crippen molar-refractivity contribution < 1.29 is 60.9 Å². The minimum atomic E-state index is -5.24. The summed E-state index contributed by atoms with van der Waals surface area (Å²) < 4.78 is 68.6. The first-order valence-electron chi connectivity index (χ1n) is 25.5. The number of hydrogen-bond acceptors (Lipinski definition) is 12. The number of nitrogens with one attached hydrogen (secondary N) is 1. The van der Waals surface area contributed by atoms with Crippen LogP contribution in [0.25, 0.3) is 0 Å². The summed E-state index contributed by atoms with van der Waals surface area (Å²) in [4.78, 5) is 95.8. The highest BCUT2D eigenvalue weighted by Crippen LogP contribution is 2.44. The average Bonchev–Trinajstić information content (AvgIpc) is 4.05. The van der Waals surface area contributed by atoms with E-state index in [2.05, 4.69) is 5.32 Å². The molecule has 408 valence electrons. The van der Waals surface area contributed by atoms with E-state index in [4.69, 9.17) is 23.9 Å². The smallest absolute Gasteiger partial charge is 0.432 e. The van der Waals surface area contributed by atoms with Crippen molar-refractivity contribution in [1.82, 2.24) is 20.0 Å². The predicted octanol–water partition coefficient (Wildman–Crippen LogP) is 7.93. The van der Waals surface area contributed by atoms with Gasteiger partial charge in [-0.3, -0.25) is 24.2 Å². The van der Waals surface area contributed by atoms with Gasteiger partial charge in [0.1, 0.15) is 42.1 Å². The van der Waals surface area contributed by atoms with E-state index in [9.17, 15) is 28.8 Å². The zero-order valence-electron chi connectivity index (χ0n) is 45.1. The van der Waals surface area contributed by atoms with E-state index in [1.54, 1.807) is 51.1 Å². The standard InChI is InChI=1S/C55H76F3N5O10S/c1-14-33(3)45-50(67)63-26-18-21-42(63)51(68)73-44(53(7,8)9)28-32(2)27-43(72-52(69)54(71-13,55(56,57)58)38-19-16-15-17-20-38)35(5)47-59-39(31-74-47)29-34(4)46(64)60-41(30-37-22-24-40(70-12)25-23-37)49(66)61(10)36(6)48(65)62(45)11/h15-17,19-20,22-25,29,32-33,35-36,39,41-45H,14,18,21,26-28,30-31H2,1-13H3,(H,60,64)/b34-29+/t32-,33-,35-,36-,39-,41-,42-,43-,44-,45-,54-/m0/s1. The molecule has 3 heterocycles. The number of fused-ring (bicyclic) bond motifs is 2. The van der Waals surface area contributed by atoms with E-state index in [1.165, 1.54) is 65.9 Å². The Bertz CT molecular complexity index is 2380. The molecule has 4 amide bonds. The second-order valence-electron chi connectivity index (χ2n) is 21.2. The number of likely N-dealkylation sites (N-methyl/N-ethyl adjacent to an activating group) is 2. The van der Waals surface area contributed by atoms with Gasteiger partial charge >= 0.3 is 18.1 Å². The lowest BCUT2D eigenvalue weighted by Gasteiger charge is -2.39. The van der Waals surface area contributed by atoms with Gasteiger partial charge in [0, 0.05) is 57.0 Å². The number of carbonyl (C=O) groups is 6. The molecule has 1 N–H and O–H groups in total. The molecule has 0 aromatic heterocycles. The van der Waals surface area contributed by atoms with Crippen LogP contribution in [0.4, 0.5) is 13.2 Å². The molecule has 0 aliphatic carbocycles. The molecule has 0 radical (unpaired) electrons. The Labute approximate surface area is 438 Å². The number of esters is 2. The van der Waals surface area contributed by atoms with Gasteiger partial charge in [-0.25, -0.2) is 9.59 Å². The number of thioether (sulfide) groups is 1. The van der Waals surface area contributed by atoms with Crippen molar-refractivity contribution in [3.63, 3.8) is 0 Å². The number of cyclic esters (lactones) is 1. The molecule has 2 aromatic carbocycles. The predicted molar refractivity (Wildman–Crippen MR) is 277 cm³/mol. The van der Waals surface area contributed by atoms with Gasteiger partial charge in [0.05, 0.1) is 18.2 Å². The fourth-order valence-electron chi connectivity index (χ4n) is 9.85. The largest absolute Gasteiger partial charge is 0.497 e. The number of carbonyl (C=O) groups excluding carboxylic acids is 6. The van der Waals surface area contributed by atoms with Crippen molar-refractivity contribution in [3.05, 3.63) is 77.4 Å². The van der Waals surface area contributed by atoms with Crippen LogP contribution in [-0.2, 0) is 55.0 Å². The number of hydrogen-bond donors (Lipinski definition) is 1. The monoisotopic (exact) mass is 1060 g/mol. The summed E-state index contributed by atoms with van der Waals surface area (Å²) in [6.45, 7) is 16.4. The third-order valence-electron chi connectivity index (χ3n) is 14.8. The second kappa shape index (κ2) is 24.9. The second-order valence-corrected chi connectivity index (χ2v) is 22.3. The van der Waals surface area contributed by atoms with E-state index in [1.807, 2.05) is 41.5 Å². The minimum Gasteiger partial charge on any atom is -0.497 e. The Morgan fingerprint density at radius 1 is 0.919 bits per heavy atom. The summed E-state index contributed by atoms with van der Waals surface area (Å²) in [7, 11) is 5.32. The van der Waals surface area contributed by atoms with E-state index in [0.29, 0.717) is 41.4 Å². The van der Waals surface area contributed by atoms with Crippen LogP contribution < -0.4 is 10.1 Å². The van der Waals surface area contributed by atoms with Crippen LogP contribution in [0.5, 0.6) is 5.75 Å². The van der Waals surface area contributed by atoms with Gasteiger partial charge in [0.15, 0.2) is 0 Å². The van der Waals surface area contributed by atoms with Gasteiger partial charge in [-0.1, -0.05) is 103 Å². The highest BCUT2D eigenvalue weighted by molar-refractivity contribution is 8.14. The molecule has 1 saturated heterocycles. The maximum Gasteiger partial charge on any atom is 0.432 e. The summed E-state index contributed by atoms with van der Waals surface area (Å²) in [6, 6.07) is 8.72. The van der Waals surface area contributed by atoms with Crippen LogP contribution in [0.1, 0.15) is 106 Å². The third kappa shape index (κ3) is 13.5. The zero-order chi connectivity index (χ0) is 55.0. The van der Waals surface area contributed by atoms with Crippen molar-refractivity contribution in [2.45, 2.75) is 155 Å². The molecular weight excluding hydrogens is 980 g/mol. The highest BCUT2D eigenvalue weighted by atomic mass is 32.2. The summed E-state index contributed by atoms with van der Waals surface area (Å²) in [6.07, 6.45) is -3.99. The van der Waals surface area contributed by atoms with Crippen LogP contribution in [0.2, 0.25) is 0 Å². The van der Waals surface area contributed by atoms with Crippen LogP contribution in [0.15, 0.2) is 71.2 Å². The van der Waals surface area contributed by atoms with Gasteiger partial charge in [0.25, 0.3) is 5.60 Å². The van der Waals surface area contributed by atoms with Gasteiger partial charge < -0.3 is 39.0 Å². The van der Waals surface area contributed by atoms with Gasteiger partial charge in [-0.15, -0.1) is 11.8 Å². The molecule has 0 unspecified atom stereocenters. The normalized spacial score (nSPS) is 28.6. The molecule has 11 atom stereocenters. The number of aliphatic imine (C=N–C) groups is 1. The Kier molecular flexibility index (Phi) is 20.0. The van der Waals surface area contributed by atoms with Gasteiger partial charge in [-0.05, 0) is 74.5 Å². The maximum atomic E-state index is 15.3. The summed E-state index contributed by atoms with van der Waals surface area (Å²) >= 11 is 1.32. The topological polar surface area (TPSA) is 173 Å². The molecule has 15 nitrogen and oxygen atoms in total. The van der Waals surface area contributed by atoms with Crippen molar-refractivity contribution in [2.24, 2.45) is 28.2 Å². The van der Waals surface area contributed by atoms with E-state index >= 15 is 13.2 Å². The number of alkyl halides is 3. The Morgan fingerprint density at radius 2 is 1.57 bits per heavy atom. The lowest BCUT2D eigenvalue weighted by Crippen LogP contribution is -2.59. The van der Waals surface area contributed by atoms with Gasteiger partial charge in [0.2, 0.25) is 23.6 Å². The van der Waals surface area contributed by atoms with Gasteiger partial charge in [-0.2, -0.15) is 13.2 Å². The molecule has 19 heteroatoms. The van der Waals surface area contributed by atoms with E-state index in [-0.39, 0.29) is 37.3 Å². The fourth-order valence-corrected chi connectivity index (χ4v) is 11.0. The van der Waals surface area contributed by atoms with Crippen molar-refractivity contribution in [1.29, 1.82) is 0 Å². The minimum absolute atomic E-state index is 0.0203. The number of ether oxygens (including phenoxy) is 4. The van der Waals surface area contributed by atoms with Crippen LogP contribution in [0, 0.1) is 23.2 Å². The number of halogens is 3. The number of benzene rings is 2. The first-order chi connectivity index (χ1) is 34.7. The van der Waals surface area contributed by atoms with Crippen LogP contribution in [-0.4, -0.2) is 145 Å². The fraction of sp³-hybridized carbons (Fsp3) is 0.618. The summed E-state index contributed by atoms with van der Waals surface area (Å²) in [5.74, 6) is -5.03. The summed E-state index contributed by atoms with van der Waals surface area (Å²) in [5, 5.41) is 3.36. The van der Waals surface area contributed by atoms with Crippen molar-refractivity contribution in [3.8, 4) is 5.75 Å². The third-order valence-corrected chi connectivity index (χ3v) is 16.1.